The smallest absolute Gasteiger partial charge is 0.311 e. The van der Waals surface area contributed by atoms with Crippen LogP contribution in [0, 0.1) is 11.3 Å². The van der Waals surface area contributed by atoms with E-state index in [1.54, 1.807) is 43.3 Å². The molecule has 0 aliphatic carbocycles. The monoisotopic (exact) mass is 346 g/mol. The van der Waals surface area contributed by atoms with E-state index in [9.17, 15) is 19.5 Å². The van der Waals surface area contributed by atoms with Crippen LogP contribution < -0.4 is 0 Å². The van der Waals surface area contributed by atoms with E-state index >= 15 is 0 Å². The van der Waals surface area contributed by atoms with Gasteiger partial charge in [0, 0.05) is 50.8 Å². The first-order valence-electron chi connectivity index (χ1n) is 8.27. The Morgan fingerprint density at radius 1 is 1.28 bits per heavy atom. The molecule has 1 aromatic rings. The van der Waals surface area contributed by atoms with E-state index in [4.69, 9.17) is 4.74 Å². The first-order chi connectivity index (χ1) is 11.8. The standard InChI is InChI=1S/C18H22N2O5/c1-19(2)15(21)12-4-3-5-13(8-12)16(22)20-9-14-10-25-7-6-18(14,11-20)17(23)24/h3-5,8,14H,6-7,9-11H2,1-2H3,(H,23,24)/t14-,18+/m0/s1. The highest BCUT2D eigenvalue weighted by molar-refractivity contribution is 6.00. The van der Waals surface area contributed by atoms with Gasteiger partial charge in [-0.3, -0.25) is 14.4 Å². The van der Waals surface area contributed by atoms with E-state index < -0.39 is 11.4 Å². The molecule has 2 aliphatic heterocycles. The van der Waals surface area contributed by atoms with Gasteiger partial charge >= 0.3 is 5.97 Å². The number of ether oxygens (including phenoxy) is 1. The molecule has 7 nitrogen and oxygen atoms in total. The highest BCUT2D eigenvalue weighted by atomic mass is 16.5. The maximum Gasteiger partial charge on any atom is 0.311 e. The normalized spacial score (nSPS) is 25.4. The summed E-state index contributed by atoms with van der Waals surface area (Å²) in [5.74, 6) is -1.49. The predicted molar refractivity (Wildman–Crippen MR) is 89.4 cm³/mol. The average Bonchev–Trinajstić information content (AvgIpc) is 3.01. The third-order valence-electron chi connectivity index (χ3n) is 5.18. The predicted octanol–water partition coefficient (Wildman–Crippen LogP) is 0.952. The Morgan fingerprint density at radius 3 is 2.64 bits per heavy atom. The van der Waals surface area contributed by atoms with Crippen LogP contribution in [0.4, 0.5) is 0 Å². The number of fused-ring (bicyclic) bond motifs is 1. The number of hydrogen-bond acceptors (Lipinski definition) is 4. The summed E-state index contributed by atoms with van der Waals surface area (Å²) in [4.78, 5) is 39.8. The van der Waals surface area contributed by atoms with Gasteiger partial charge in [0.2, 0.25) is 0 Å². The van der Waals surface area contributed by atoms with Crippen molar-refractivity contribution in [2.45, 2.75) is 6.42 Å². The third kappa shape index (κ3) is 3.00. The Balaban J connectivity index is 1.84. The van der Waals surface area contributed by atoms with Gasteiger partial charge in [0.05, 0.1) is 12.0 Å². The fourth-order valence-corrected chi connectivity index (χ4v) is 3.68. The van der Waals surface area contributed by atoms with Crippen molar-refractivity contribution in [1.29, 1.82) is 0 Å². The van der Waals surface area contributed by atoms with Crippen LogP contribution in [0.5, 0.6) is 0 Å². The van der Waals surface area contributed by atoms with Crippen LogP contribution >= 0.6 is 0 Å². The minimum Gasteiger partial charge on any atom is -0.481 e. The molecule has 0 aromatic heterocycles. The van der Waals surface area contributed by atoms with Crippen LogP contribution in [-0.4, -0.2) is 73.1 Å². The van der Waals surface area contributed by atoms with Gasteiger partial charge in [-0.1, -0.05) is 6.07 Å². The average molecular weight is 346 g/mol. The molecule has 134 valence electrons. The molecule has 0 spiro atoms. The van der Waals surface area contributed by atoms with Crippen LogP contribution in [0.15, 0.2) is 24.3 Å². The number of nitrogens with zero attached hydrogens (tertiary/aromatic N) is 2. The quantitative estimate of drug-likeness (QED) is 0.881. The molecule has 2 saturated heterocycles. The van der Waals surface area contributed by atoms with Crippen LogP contribution in [0.2, 0.25) is 0 Å². The number of carboxylic acid groups (broad SMARTS) is 1. The maximum atomic E-state index is 12.9. The van der Waals surface area contributed by atoms with Crippen molar-refractivity contribution >= 4 is 17.8 Å². The Hall–Kier alpha value is -2.41. The van der Waals surface area contributed by atoms with Crippen molar-refractivity contribution in [2.24, 2.45) is 11.3 Å². The van der Waals surface area contributed by atoms with E-state index in [0.29, 0.717) is 37.3 Å². The summed E-state index contributed by atoms with van der Waals surface area (Å²) in [5.41, 5.74) is -0.0955. The summed E-state index contributed by atoms with van der Waals surface area (Å²) in [6, 6.07) is 6.55. The van der Waals surface area contributed by atoms with Crippen molar-refractivity contribution < 1.29 is 24.2 Å². The molecule has 25 heavy (non-hydrogen) atoms. The molecule has 0 bridgehead atoms. The minimum absolute atomic E-state index is 0.180. The van der Waals surface area contributed by atoms with Gasteiger partial charge in [-0.05, 0) is 24.6 Å². The van der Waals surface area contributed by atoms with Gasteiger partial charge in [0.25, 0.3) is 11.8 Å². The highest BCUT2D eigenvalue weighted by Crippen LogP contribution is 2.42. The van der Waals surface area contributed by atoms with Gasteiger partial charge in [-0.15, -0.1) is 0 Å². The summed E-state index contributed by atoms with van der Waals surface area (Å²) >= 11 is 0. The summed E-state index contributed by atoms with van der Waals surface area (Å²) in [5, 5.41) is 9.70. The van der Waals surface area contributed by atoms with E-state index in [2.05, 4.69) is 0 Å². The van der Waals surface area contributed by atoms with Gasteiger partial charge < -0.3 is 19.6 Å². The van der Waals surface area contributed by atoms with E-state index in [-0.39, 0.29) is 24.3 Å². The molecule has 3 rings (SSSR count). The largest absolute Gasteiger partial charge is 0.481 e. The number of carbonyl (C=O) groups is 3. The van der Waals surface area contributed by atoms with Gasteiger partial charge in [0.15, 0.2) is 0 Å². The third-order valence-corrected chi connectivity index (χ3v) is 5.18. The molecule has 2 atom stereocenters. The second-order valence-electron chi connectivity index (χ2n) is 6.95. The Bertz CT molecular complexity index is 717. The second kappa shape index (κ2) is 6.48. The lowest BCUT2D eigenvalue weighted by Gasteiger charge is -2.33. The molecule has 2 fully saturated rings. The number of rotatable bonds is 3. The molecule has 2 amide bonds. The van der Waals surface area contributed by atoms with E-state index in [1.807, 2.05) is 0 Å². The first-order valence-corrected chi connectivity index (χ1v) is 8.27. The minimum atomic E-state index is -0.926. The SMILES string of the molecule is CN(C)C(=O)c1cccc(C(=O)N2C[C@H]3COCC[C@@]3(C(=O)O)C2)c1. The van der Waals surface area contributed by atoms with Gasteiger partial charge in [0.1, 0.15) is 0 Å². The number of benzene rings is 1. The Labute approximate surface area is 146 Å². The van der Waals surface area contributed by atoms with Gasteiger partial charge in [-0.2, -0.15) is 0 Å². The molecule has 0 saturated carbocycles. The lowest BCUT2D eigenvalue weighted by atomic mass is 9.74. The molecule has 1 N–H and O–H groups in total. The van der Waals surface area contributed by atoms with Crippen LogP contribution in [0.1, 0.15) is 27.1 Å². The fraction of sp³-hybridized carbons (Fsp3) is 0.500. The number of carbonyl (C=O) groups excluding carboxylic acids is 2. The van der Waals surface area contributed by atoms with E-state index in [0.717, 1.165) is 0 Å². The summed E-state index contributed by atoms with van der Waals surface area (Å²) in [6.45, 7) is 1.30. The molecule has 7 heteroatoms. The van der Waals surface area contributed by atoms with Crippen molar-refractivity contribution in [3.8, 4) is 0 Å². The van der Waals surface area contributed by atoms with Crippen LogP contribution in [0.3, 0.4) is 0 Å². The van der Waals surface area contributed by atoms with Crippen LogP contribution in [-0.2, 0) is 9.53 Å². The maximum absolute atomic E-state index is 12.9. The number of likely N-dealkylation sites (tertiary alicyclic amines) is 1. The van der Waals surface area contributed by atoms with Gasteiger partial charge in [-0.25, -0.2) is 0 Å². The highest BCUT2D eigenvalue weighted by Gasteiger charge is 2.54. The van der Waals surface area contributed by atoms with E-state index in [1.165, 1.54) is 4.90 Å². The molecular weight excluding hydrogens is 324 g/mol. The topological polar surface area (TPSA) is 87.2 Å². The zero-order chi connectivity index (χ0) is 18.2. The number of hydrogen-bond donors (Lipinski definition) is 1. The second-order valence-corrected chi connectivity index (χ2v) is 6.95. The van der Waals surface area contributed by atoms with Crippen molar-refractivity contribution in [3.63, 3.8) is 0 Å². The lowest BCUT2D eigenvalue weighted by molar-refractivity contribution is -0.157. The van der Waals surface area contributed by atoms with Crippen molar-refractivity contribution in [1.82, 2.24) is 9.80 Å². The Morgan fingerprint density at radius 2 is 2.00 bits per heavy atom. The molecule has 0 radical (unpaired) electrons. The number of amides is 2. The molecule has 2 aliphatic rings. The lowest BCUT2D eigenvalue weighted by Crippen LogP contribution is -2.45. The zero-order valence-electron chi connectivity index (χ0n) is 14.4. The summed E-state index contributed by atoms with van der Waals surface area (Å²) < 4.78 is 5.42. The molecule has 2 heterocycles. The van der Waals surface area contributed by atoms with Crippen molar-refractivity contribution in [2.75, 3.05) is 40.4 Å². The zero-order valence-corrected chi connectivity index (χ0v) is 14.4. The number of carboxylic acids is 1. The summed E-state index contributed by atoms with van der Waals surface area (Å²) in [6.07, 6.45) is 0.413. The molecule has 1 aromatic carbocycles. The summed E-state index contributed by atoms with van der Waals surface area (Å²) in [7, 11) is 3.30. The molecule has 0 unspecified atom stereocenters. The van der Waals surface area contributed by atoms with Crippen molar-refractivity contribution in [3.05, 3.63) is 35.4 Å². The Kier molecular flexibility index (Phi) is 4.51. The number of aliphatic carboxylic acids is 1. The first kappa shape index (κ1) is 17.4. The fourth-order valence-electron chi connectivity index (χ4n) is 3.68. The molecular formula is C18H22N2O5. The van der Waals surface area contributed by atoms with Crippen LogP contribution in [0.25, 0.3) is 0 Å².